The Morgan fingerprint density at radius 2 is 2.00 bits per heavy atom. The van der Waals surface area contributed by atoms with Crippen LogP contribution in [0.25, 0.3) is 0 Å². The summed E-state index contributed by atoms with van der Waals surface area (Å²) in [5.41, 5.74) is 3.19. The van der Waals surface area contributed by atoms with Crippen LogP contribution in [-0.2, 0) is 6.42 Å². The van der Waals surface area contributed by atoms with E-state index >= 15 is 0 Å². The van der Waals surface area contributed by atoms with Crippen molar-refractivity contribution in [1.82, 2.24) is 25.6 Å². The quantitative estimate of drug-likeness (QED) is 0.254. The molecule has 2 aromatic heterocycles. The molecule has 1 aromatic carbocycles. The summed E-state index contributed by atoms with van der Waals surface area (Å²) in [4.78, 5) is 4.79. The van der Waals surface area contributed by atoms with Gasteiger partial charge in [0.1, 0.15) is 5.76 Å². The van der Waals surface area contributed by atoms with Gasteiger partial charge in [0.05, 0.1) is 18.3 Å². The molecule has 9 heteroatoms. The van der Waals surface area contributed by atoms with Gasteiger partial charge in [0.25, 0.3) is 0 Å². The van der Waals surface area contributed by atoms with Gasteiger partial charge in [0.2, 0.25) is 0 Å². The lowest BCUT2D eigenvalue weighted by Gasteiger charge is -2.18. The Kier molecular flexibility index (Phi) is 9.64. The number of hydrogen-bond donors (Lipinski definition) is 2. The largest absolute Gasteiger partial charge is 0.361 e. The molecule has 0 fully saturated rings. The molecule has 7 nitrogen and oxygen atoms in total. The van der Waals surface area contributed by atoms with Gasteiger partial charge in [0.15, 0.2) is 5.96 Å². The molecule has 0 saturated heterocycles. The first-order chi connectivity index (χ1) is 14.1. The lowest BCUT2D eigenvalue weighted by molar-refractivity contribution is 0.392. The number of rotatable bonds is 8. The summed E-state index contributed by atoms with van der Waals surface area (Å²) >= 11 is 6.05. The van der Waals surface area contributed by atoms with Gasteiger partial charge in [-0.15, -0.1) is 24.0 Å². The van der Waals surface area contributed by atoms with Crippen molar-refractivity contribution in [2.45, 2.75) is 33.2 Å². The minimum Gasteiger partial charge on any atom is -0.361 e. The van der Waals surface area contributed by atoms with Crippen molar-refractivity contribution in [1.29, 1.82) is 0 Å². The highest BCUT2D eigenvalue weighted by atomic mass is 127. The maximum absolute atomic E-state index is 6.05. The van der Waals surface area contributed by atoms with Crippen LogP contribution in [0.2, 0.25) is 5.02 Å². The number of guanidine groups is 1. The van der Waals surface area contributed by atoms with E-state index in [2.05, 4.69) is 27.8 Å². The lowest BCUT2D eigenvalue weighted by atomic mass is 10.1. The Bertz CT molecular complexity index is 904. The molecule has 0 bridgehead atoms. The number of aliphatic imine (C=N–C) groups is 1. The molecule has 30 heavy (non-hydrogen) atoms. The normalized spacial score (nSPS) is 12.3. The van der Waals surface area contributed by atoms with E-state index in [1.165, 1.54) is 0 Å². The first-order valence-corrected chi connectivity index (χ1v) is 10.1. The van der Waals surface area contributed by atoms with Crippen LogP contribution in [0.3, 0.4) is 0 Å². The zero-order valence-electron chi connectivity index (χ0n) is 17.4. The zero-order chi connectivity index (χ0) is 20.6. The van der Waals surface area contributed by atoms with Crippen molar-refractivity contribution >= 4 is 41.5 Å². The van der Waals surface area contributed by atoms with Crippen molar-refractivity contribution in [3.8, 4) is 0 Å². The average molecular weight is 543 g/mol. The molecule has 0 aliphatic heterocycles. The minimum atomic E-state index is -0.0136. The number of nitrogens with one attached hydrogen (secondary N) is 2. The highest BCUT2D eigenvalue weighted by Gasteiger charge is 2.14. The molecule has 162 valence electrons. The standard InChI is InChI=1S/C21H27ClN6O.HI/c1-4-23-21(24-12-10-19-15(2)27-29-16(19)3)25-14-20(28-13-5-11-26-28)17-6-8-18(22)9-7-17;/h5-9,11,13,20H,4,10,12,14H2,1-3H3,(H2,23,24,25);1H. The summed E-state index contributed by atoms with van der Waals surface area (Å²) in [7, 11) is 0. The summed E-state index contributed by atoms with van der Waals surface area (Å²) in [6.45, 7) is 8.02. The van der Waals surface area contributed by atoms with Crippen LogP contribution in [0, 0.1) is 13.8 Å². The number of aryl methyl sites for hydroxylation is 2. The van der Waals surface area contributed by atoms with E-state index in [0.717, 1.165) is 48.1 Å². The second-order valence-electron chi connectivity index (χ2n) is 6.75. The van der Waals surface area contributed by atoms with Crippen LogP contribution in [0.5, 0.6) is 0 Å². The first-order valence-electron chi connectivity index (χ1n) is 9.77. The monoisotopic (exact) mass is 542 g/mol. The van der Waals surface area contributed by atoms with Crippen LogP contribution >= 0.6 is 35.6 Å². The van der Waals surface area contributed by atoms with Gasteiger partial charge in [-0.25, -0.2) is 0 Å². The number of aromatic nitrogens is 3. The fourth-order valence-electron chi connectivity index (χ4n) is 3.18. The highest BCUT2D eigenvalue weighted by molar-refractivity contribution is 14.0. The van der Waals surface area contributed by atoms with E-state index in [9.17, 15) is 0 Å². The van der Waals surface area contributed by atoms with E-state index in [-0.39, 0.29) is 30.0 Å². The van der Waals surface area contributed by atoms with E-state index in [4.69, 9.17) is 21.1 Å². The van der Waals surface area contributed by atoms with Gasteiger partial charge in [-0.3, -0.25) is 9.67 Å². The van der Waals surface area contributed by atoms with E-state index < -0.39 is 0 Å². The molecule has 3 aromatic rings. The number of halogens is 2. The third-order valence-electron chi connectivity index (χ3n) is 4.71. The lowest BCUT2D eigenvalue weighted by Crippen LogP contribution is -2.39. The fraction of sp³-hybridized carbons (Fsp3) is 0.381. The maximum atomic E-state index is 6.05. The molecule has 0 spiro atoms. The molecule has 0 saturated carbocycles. The van der Waals surface area contributed by atoms with E-state index in [1.807, 2.05) is 55.1 Å². The van der Waals surface area contributed by atoms with Crippen LogP contribution < -0.4 is 10.6 Å². The smallest absolute Gasteiger partial charge is 0.191 e. The van der Waals surface area contributed by atoms with Crippen molar-refractivity contribution in [3.63, 3.8) is 0 Å². The SMILES string of the molecule is CCNC(=NCC(c1ccc(Cl)cc1)n1cccn1)NCCc1c(C)noc1C.I. The summed E-state index contributed by atoms with van der Waals surface area (Å²) in [6, 6.07) is 9.72. The van der Waals surface area contributed by atoms with Crippen molar-refractivity contribution in [2.24, 2.45) is 4.99 Å². The molecule has 2 N–H and O–H groups in total. The molecule has 0 aliphatic rings. The van der Waals surface area contributed by atoms with Gasteiger partial charge < -0.3 is 15.2 Å². The van der Waals surface area contributed by atoms with Crippen LogP contribution in [0.4, 0.5) is 0 Å². The number of benzene rings is 1. The number of hydrogen-bond acceptors (Lipinski definition) is 4. The second-order valence-corrected chi connectivity index (χ2v) is 7.19. The Morgan fingerprint density at radius 1 is 1.23 bits per heavy atom. The molecule has 0 aliphatic carbocycles. The van der Waals surface area contributed by atoms with Gasteiger partial charge in [-0.05, 0) is 51.0 Å². The third kappa shape index (κ3) is 6.46. The number of nitrogens with zero attached hydrogens (tertiary/aromatic N) is 4. The second kappa shape index (κ2) is 11.9. The fourth-order valence-corrected chi connectivity index (χ4v) is 3.30. The predicted octanol–water partition coefficient (Wildman–Crippen LogP) is 4.15. The zero-order valence-corrected chi connectivity index (χ0v) is 20.5. The van der Waals surface area contributed by atoms with Crippen molar-refractivity contribution in [2.75, 3.05) is 19.6 Å². The van der Waals surface area contributed by atoms with Crippen LogP contribution in [-0.4, -0.2) is 40.5 Å². The molecule has 0 amide bonds. The molecule has 2 heterocycles. The molecular weight excluding hydrogens is 515 g/mol. The Balaban J connectivity index is 0.00000320. The van der Waals surface area contributed by atoms with Gasteiger partial charge in [-0.2, -0.15) is 5.10 Å². The molecule has 1 atom stereocenters. The maximum Gasteiger partial charge on any atom is 0.191 e. The molecular formula is C21H28ClIN6O. The summed E-state index contributed by atoms with van der Waals surface area (Å²) < 4.78 is 7.15. The van der Waals surface area contributed by atoms with E-state index in [0.29, 0.717) is 11.6 Å². The van der Waals surface area contributed by atoms with Gasteiger partial charge >= 0.3 is 0 Å². The van der Waals surface area contributed by atoms with Gasteiger partial charge in [-0.1, -0.05) is 28.9 Å². The van der Waals surface area contributed by atoms with Crippen molar-refractivity contribution in [3.05, 3.63) is 70.3 Å². The Morgan fingerprint density at radius 3 is 2.60 bits per heavy atom. The van der Waals surface area contributed by atoms with Gasteiger partial charge in [0, 0.05) is 36.1 Å². The minimum absolute atomic E-state index is 0. The van der Waals surface area contributed by atoms with Crippen LogP contribution in [0.1, 0.15) is 35.5 Å². The highest BCUT2D eigenvalue weighted by Crippen LogP contribution is 2.20. The molecule has 3 rings (SSSR count). The molecule has 1 unspecified atom stereocenters. The molecule has 0 radical (unpaired) electrons. The first kappa shape index (κ1) is 24.2. The van der Waals surface area contributed by atoms with E-state index in [1.54, 1.807) is 6.20 Å². The summed E-state index contributed by atoms with van der Waals surface area (Å²) in [6.07, 6.45) is 4.55. The Hall–Kier alpha value is -2.07. The third-order valence-corrected chi connectivity index (χ3v) is 4.97. The topological polar surface area (TPSA) is 80.3 Å². The van der Waals surface area contributed by atoms with Crippen LogP contribution in [0.15, 0.2) is 52.2 Å². The van der Waals surface area contributed by atoms with Crippen molar-refractivity contribution < 1.29 is 4.52 Å². The average Bonchev–Trinajstić information content (AvgIpc) is 3.35. The summed E-state index contributed by atoms with van der Waals surface area (Å²) in [5.74, 6) is 1.64. The Labute approximate surface area is 199 Å². The summed E-state index contributed by atoms with van der Waals surface area (Å²) in [5, 5.41) is 15.8. The predicted molar refractivity (Wildman–Crippen MR) is 131 cm³/mol.